The summed E-state index contributed by atoms with van der Waals surface area (Å²) in [6, 6.07) is -0.865. The molecule has 0 saturated carbocycles. The zero-order valence-electron chi connectivity index (χ0n) is 8.62. The highest BCUT2D eigenvalue weighted by atomic mass is 16.4. The van der Waals surface area contributed by atoms with Crippen LogP contribution in [0, 0.1) is 0 Å². The van der Waals surface area contributed by atoms with Crippen LogP contribution in [0.15, 0.2) is 0 Å². The summed E-state index contributed by atoms with van der Waals surface area (Å²) in [7, 11) is 0. The summed E-state index contributed by atoms with van der Waals surface area (Å²) in [5.74, 6) is -1.19. The lowest BCUT2D eigenvalue weighted by molar-refractivity contribution is -0.137. The minimum Gasteiger partial charge on any atom is -0.481 e. The molecule has 0 spiro atoms. The first kappa shape index (κ1) is 12.9. The summed E-state index contributed by atoms with van der Waals surface area (Å²) in [5, 5.41) is 11.1. The van der Waals surface area contributed by atoms with Crippen molar-refractivity contribution in [3.8, 4) is 0 Å². The third-order valence-corrected chi connectivity index (χ3v) is 2.04. The number of carboxylic acid groups (broad SMARTS) is 1. The van der Waals surface area contributed by atoms with Crippen molar-refractivity contribution in [1.29, 1.82) is 0 Å². The first-order valence-electron chi connectivity index (χ1n) is 4.79. The van der Waals surface area contributed by atoms with Crippen molar-refractivity contribution in [2.75, 3.05) is 0 Å². The Morgan fingerprint density at radius 1 is 1.36 bits per heavy atom. The maximum Gasteiger partial charge on any atom is 0.305 e. The molecule has 5 heteroatoms. The molecule has 0 aromatic carbocycles. The molecule has 0 bridgehead atoms. The molecule has 4 N–H and O–H groups in total. The number of aliphatic carboxylic acids is 1. The van der Waals surface area contributed by atoms with Gasteiger partial charge in [-0.05, 0) is 12.8 Å². The Labute approximate surface area is 83.7 Å². The summed E-state index contributed by atoms with van der Waals surface area (Å²) in [6.07, 6.45) is 1.09. The van der Waals surface area contributed by atoms with E-state index in [1.807, 2.05) is 13.8 Å². The number of nitrogens with one attached hydrogen (secondary N) is 1. The molecule has 0 heterocycles. The van der Waals surface area contributed by atoms with Gasteiger partial charge in [-0.15, -0.1) is 0 Å². The predicted octanol–water partition coefficient (Wildman–Crippen LogP) is 0.0932. The molecule has 0 aromatic rings. The predicted molar refractivity (Wildman–Crippen MR) is 52.7 cm³/mol. The molecule has 0 fully saturated rings. The fraction of sp³-hybridized carbons (Fsp3) is 0.778. The number of nitrogens with two attached hydrogens (primary N) is 1. The molecule has 82 valence electrons. The van der Waals surface area contributed by atoms with Crippen molar-refractivity contribution in [2.24, 2.45) is 5.73 Å². The standard InChI is InChI=1S/C9H18N2O3/c1-3-6(5-8(12)13)11-9(14)7(10)4-2/h6-7H,3-5,10H2,1-2H3,(H,11,14)(H,12,13). The topological polar surface area (TPSA) is 92.4 Å². The molecule has 2 atom stereocenters. The van der Waals surface area contributed by atoms with Crippen LogP contribution in [0.25, 0.3) is 0 Å². The molecule has 0 saturated heterocycles. The Morgan fingerprint density at radius 3 is 2.29 bits per heavy atom. The molecular formula is C9H18N2O3. The Morgan fingerprint density at radius 2 is 1.93 bits per heavy atom. The molecule has 14 heavy (non-hydrogen) atoms. The van der Waals surface area contributed by atoms with E-state index in [1.165, 1.54) is 0 Å². The molecule has 0 aliphatic heterocycles. The van der Waals surface area contributed by atoms with Gasteiger partial charge in [0.2, 0.25) is 5.91 Å². The van der Waals surface area contributed by atoms with E-state index >= 15 is 0 Å². The molecule has 1 amide bonds. The van der Waals surface area contributed by atoms with Gasteiger partial charge < -0.3 is 16.2 Å². The lowest BCUT2D eigenvalue weighted by Gasteiger charge is -2.17. The van der Waals surface area contributed by atoms with E-state index < -0.39 is 12.0 Å². The van der Waals surface area contributed by atoms with Gasteiger partial charge in [-0.3, -0.25) is 9.59 Å². The van der Waals surface area contributed by atoms with Crippen LogP contribution in [-0.2, 0) is 9.59 Å². The number of carboxylic acids is 1. The monoisotopic (exact) mass is 202 g/mol. The number of carbonyl (C=O) groups is 2. The molecule has 0 radical (unpaired) electrons. The van der Waals surface area contributed by atoms with Gasteiger partial charge in [-0.2, -0.15) is 0 Å². The van der Waals surface area contributed by atoms with E-state index in [0.717, 1.165) is 0 Å². The van der Waals surface area contributed by atoms with Crippen molar-refractivity contribution < 1.29 is 14.7 Å². The average molecular weight is 202 g/mol. The average Bonchev–Trinajstić information content (AvgIpc) is 2.14. The van der Waals surface area contributed by atoms with Gasteiger partial charge >= 0.3 is 5.97 Å². The van der Waals surface area contributed by atoms with E-state index in [9.17, 15) is 9.59 Å². The van der Waals surface area contributed by atoms with Gasteiger partial charge in [-0.25, -0.2) is 0 Å². The lowest BCUT2D eigenvalue weighted by atomic mass is 10.1. The molecule has 0 aliphatic carbocycles. The highest BCUT2D eigenvalue weighted by molar-refractivity contribution is 5.82. The van der Waals surface area contributed by atoms with E-state index in [4.69, 9.17) is 10.8 Å². The van der Waals surface area contributed by atoms with Crippen LogP contribution in [0.1, 0.15) is 33.1 Å². The summed E-state index contributed by atoms with van der Waals surface area (Å²) in [4.78, 5) is 21.7. The second kappa shape index (κ2) is 6.37. The van der Waals surface area contributed by atoms with Crippen molar-refractivity contribution in [1.82, 2.24) is 5.32 Å². The van der Waals surface area contributed by atoms with Crippen LogP contribution in [0.5, 0.6) is 0 Å². The number of amides is 1. The summed E-state index contributed by atoms with van der Waals surface area (Å²) in [5.41, 5.74) is 5.49. The first-order chi connectivity index (χ1) is 6.51. The Balaban J connectivity index is 4.04. The number of rotatable bonds is 6. The Kier molecular flexibility index (Phi) is 5.87. The highest BCUT2D eigenvalue weighted by Crippen LogP contribution is 1.98. The largest absolute Gasteiger partial charge is 0.481 e. The lowest BCUT2D eigenvalue weighted by Crippen LogP contribution is -2.45. The van der Waals surface area contributed by atoms with Crippen LogP contribution in [0.2, 0.25) is 0 Å². The zero-order chi connectivity index (χ0) is 11.1. The van der Waals surface area contributed by atoms with Gasteiger partial charge in [0.15, 0.2) is 0 Å². The number of carbonyl (C=O) groups excluding carboxylic acids is 1. The van der Waals surface area contributed by atoms with Gasteiger partial charge in [0, 0.05) is 6.04 Å². The smallest absolute Gasteiger partial charge is 0.305 e. The second-order valence-corrected chi connectivity index (χ2v) is 3.23. The quantitative estimate of drug-likeness (QED) is 0.569. The molecule has 0 aromatic heterocycles. The maximum absolute atomic E-state index is 11.3. The van der Waals surface area contributed by atoms with Crippen molar-refractivity contribution in [2.45, 2.75) is 45.2 Å². The zero-order valence-corrected chi connectivity index (χ0v) is 8.62. The Hall–Kier alpha value is -1.10. The van der Waals surface area contributed by atoms with Crippen LogP contribution < -0.4 is 11.1 Å². The molecule has 0 aliphatic rings. The molecule has 0 rings (SSSR count). The van der Waals surface area contributed by atoms with E-state index in [-0.39, 0.29) is 18.4 Å². The van der Waals surface area contributed by atoms with Gasteiger partial charge in [0.1, 0.15) is 0 Å². The van der Waals surface area contributed by atoms with E-state index in [1.54, 1.807) is 0 Å². The van der Waals surface area contributed by atoms with Crippen molar-refractivity contribution in [3.63, 3.8) is 0 Å². The fourth-order valence-electron chi connectivity index (χ4n) is 1.00. The van der Waals surface area contributed by atoms with Gasteiger partial charge in [0.25, 0.3) is 0 Å². The van der Waals surface area contributed by atoms with Crippen LogP contribution in [0.4, 0.5) is 0 Å². The van der Waals surface area contributed by atoms with Crippen LogP contribution in [-0.4, -0.2) is 29.1 Å². The summed E-state index contributed by atoms with van der Waals surface area (Å²) in [6.45, 7) is 3.63. The third kappa shape index (κ3) is 4.81. The SMILES string of the molecule is CCC(CC(=O)O)NC(=O)C(N)CC. The normalized spacial score (nSPS) is 14.5. The van der Waals surface area contributed by atoms with Crippen molar-refractivity contribution in [3.05, 3.63) is 0 Å². The van der Waals surface area contributed by atoms with Crippen molar-refractivity contribution >= 4 is 11.9 Å². The first-order valence-corrected chi connectivity index (χ1v) is 4.79. The van der Waals surface area contributed by atoms with E-state index in [2.05, 4.69) is 5.32 Å². The molecule has 5 nitrogen and oxygen atoms in total. The number of hydrogen-bond acceptors (Lipinski definition) is 3. The highest BCUT2D eigenvalue weighted by Gasteiger charge is 2.17. The van der Waals surface area contributed by atoms with Crippen LogP contribution in [0.3, 0.4) is 0 Å². The van der Waals surface area contributed by atoms with E-state index in [0.29, 0.717) is 12.8 Å². The minimum atomic E-state index is -0.915. The second-order valence-electron chi connectivity index (χ2n) is 3.23. The third-order valence-electron chi connectivity index (χ3n) is 2.04. The molecule has 2 unspecified atom stereocenters. The minimum absolute atomic E-state index is 0.0569. The Bertz CT molecular complexity index is 206. The summed E-state index contributed by atoms with van der Waals surface area (Å²) < 4.78 is 0. The van der Waals surface area contributed by atoms with Crippen LogP contribution >= 0.6 is 0 Å². The van der Waals surface area contributed by atoms with Gasteiger partial charge in [-0.1, -0.05) is 13.8 Å². The fourth-order valence-corrected chi connectivity index (χ4v) is 1.00. The summed E-state index contributed by atoms with van der Waals surface area (Å²) >= 11 is 0. The number of hydrogen-bond donors (Lipinski definition) is 3. The maximum atomic E-state index is 11.3. The molecular weight excluding hydrogens is 184 g/mol. The van der Waals surface area contributed by atoms with Gasteiger partial charge in [0.05, 0.1) is 12.5 Å².